The van der Waals surface area contributed by atoms with Crippen LogP contribution in [0, 0.1) is 5.41 Å². The maximum absolute atomic E-state index is 13.6. The predicted molar refractivity (Wildman–Crippen MR) is 154 cm³/mol. The maximum Gasteiger partial charge on any atom is 0.425 e. The molecular formula is C31H44F3NO2SSi. The van der Waals surface area contributed by atoms with Gasteiger partial charge in [0.2, 0.25) is 0 Å². The van der Waals surface area contributed by atoms with E-state index < -0.39 is 31.1 Å². The molecule has 2 atom stereocenters. The average molecular weight is 580 g/mol. The summed E-state index contributed by atoms with van der Waals surface area (Å²) in [5.74, 6) is 0.124. The van der Waals surface area contributed by atoms with Gasteiger partial charge in [-0.2, -0.15) is 13.2 Å². The fourth-order valence-electron chi connectivity index (χ4n) is 6.63. The summed E-state index contributed by atoms with van der Waals surface area (Å²) >= 11 is 0.812. The van der Waals surface area contributed by atoms with Gasteiger partial charge in [0.05, 0.1) is 11.7 Å². The van der Waals surface area contributed by atoms with Crippen molar-refractivity contribution in [2.75, 3.05) is 0 Å². The molecule has 0 unspecified atom stereocenters. The van der Waals surface area contributed by atoms with Gasteiger partial charge in [0, 0.05) is 27.4 Å². The number of hydrogen-bond acceptors (Lipinski definition) is 4. The molecule has 0 bridgehead atoms. The van der Waals surface area contributed by atoms with Crippen LogP contribution < -0.4 is 0 Å². The average Bonchev–Trinajstić information content (AvgIpc) is 3.51. The lowest BCUT2D eigenvalue weighted by Gasteiger charge is -2.45. The lowest BCUT2D eigenvalue weighted by Crippen LogP contribution is -2.44. The van der Waals surface area contributed by atoms with Gasteiger partial charge in [-0.3, -0.25) is 4.98 Å². The zero-order valence-electron chi connectivity index (χ0n) is 24.9. The molecule has 2 aliphatic carbocycles. The number of thiophene rings is 1. The molecule has 2 aromatic heterocycles. The smallest absolute Gasteiger partial charge is 0.410 e. The fraction of sp³-hybridized carbons (Fsp3) is 0.710. The van der Waals surface area contributed by atoms with Crippen LogP contribution in [0.2, 0.25) is 18.1 Å². The van der Waals surface area contributed by atoms with Crippen LogP contribution in [0.1, 0.15) is 137 Å². The Bertz CT molecular complexity index is 1250. The van der Waals surface area contributed by atoms with Crippen molar-refractivity contribution in [1.29, 1.82) is 0 Å². The minimum Gasteiger partial charge on any atom is -0.410 e. The first-order valence-electron chi connectivity index (χ1n) is 14.4. The quantitative estimate of drug-likeness (QED) is 0.338. The van der Waals surface area contributed by atoms with Gasteiger partial charge in [-0.15, -0.1) is 11.3 Å². The van der Waals surface area contributed by atoms with Crippen molar-refractivity contribution in [3.8, 4) is 0 Å². The molecule has 3 aliphatic rings. The van der Waals surface area contributed by atoms with Crippen LogP contribution in [0.15, 0.2) is 12.1 Å². The van der Waals surface area contributed by atoms with Crippen molar-refractivity contribution >= 4 is 19.7 Å². The van der Waals surface area contributed by atoms with E-state index in [9.17, 15) is 13.2 Å². The molecule has 0 amide bonds. The highest BCUT2D eigenvalue weighted by atomic mass is 32.1. The summed E-state index contributed by atoms with van der Waals surface area (Å²) in [6.45, 7) is 20.3. The Morgan fingerprint density at radius 3 is 2.26 bits per heavy atom. The fourth-order valence-corrected chi connectivity index (χ4v) is 8.81. The number of alkyl halides is 3. The van der Waals surface area contributed by atoms with E-state index in [2.05, 4.69) is 61.6 Å². The van der Waals surface area contributed by atoms with Crippen molar-refractivity contribution in [3.05, 3.63) is 50.0 Å². The topological polar surface area (TPSA) is 31.4 Å². The normalized spacial score (nSPS) is 24.4. The number of rotatable bonds is 4. The molecule has 2 aromatic rings. The van der Waals surface area contributed by atoms with E-state index in [1.54, 1.807) is 6.07 Å². The molecule has 1 saturated carbocycles. The molecule has 1 spiro atoms. The molecule has 3 nitrogen and oxygen atoms in total. The second-order valence-electron chi connectivity index (χ2n) is 14.6. The number of fused-ring (bicyclic) bond motifs is 4. The van der Waals surface area contributed by atoms with Gasteiger partial charge in [-0.1, -0.05) is 61.3 Å². The molecule has 216 valence electrons. The van der Waals surface area contributed by atoms with Gasteiger partial charge in [0.1, 0.15) is 11.0 Å². The molecule has 8 heteroatoms. The Hall–Kier alpha value is -1.22. The lowest BCUT2D eigenvalue weighted by atomic mass is 9.70. The Labute approximate surface area is 237 Å². The van der Waals surface area contributed by atoms with Crippen LogP contribution in [0.5, 0.6) is 0 Å². The summed E-state index contributed by atoms with van der Waals surface area (Å²) in [5.41, 5.74) is 5.04. The molecule has 0 aromatic carbocycles. The molecule has 1 aliphatic heterocycles. The summed E-state index contributed by atoms with van der Waals surface area (Å²) in [6, 6.07) is 2.82. The zero-order valence-corrected chi connectivity index (χ0v) is 26.8. The minimum absolute atomic E-state index is 0.0343. The maximum atomic E-state index is 13.6. The summed E-state index contributed by atoms with van der Waals surface area (Å²) in [6.07, 6.45) is 0.660. The van der Waals surface area contributed by atoms with Crippen molar-refractivity contribution in [3.63, 3.8) is 0 Å². The van der Waals surface area contributed by atoms with E-state index in [1.807, 2.05) is 0 Å². The third-order valence-corrected chi connectivity index (χ3v) is 15.2. The highest BCUT2D eigenvalue weighted by molar-refractivity contribution is 7.12. The number of nitrogens with zero attached hydrogens (tertiary/aromatic N) is 1. The lowest BCUT2D eigenvalue weighted by molar-refractivity contribution is -0.134. The standard InChI is InChI=1S/C31H44F3NO2SSi/c1-18(2)26-24-25(23-19(35-26)16-29(6,7)17-20(23)37-39(8,9)28(3,4)5)30(14-10-11-15-30)36-27(24)21-12-13-22(38-21)31(32,33)34/h12-13,18,20,27H,10-11,14-17H2,1-9H3/t20-,27+/m0/s1. The largest absolute Gasteiger partial charge is 0.425 e. The first-order chi connectivity index (χ1) is 17.9. The van der Waals surface area contributed by atoms with Gasteiger partial charge in [-0.25, -0.2) is 0 Å². The number of pyridine rings is 1. The highest BCUT2D eigenvalue weighted by Gasteiger charge is 2.54. The molecule has 0 radical (unpaired) electrons. The number of hydrogen-bond donors (Lipinski definition) is 0. The Morgan fingerprint density at radius 2 is 1.72 bits per heavy atom. The van der Waals surface area contributed by atoms with Crippen LogP contribution in [-0.2, 0) is 27.4 Å². The summed E-state index contributed by atoms with van der Waals surface area (Å²) < 4.78 is 55.1. The second-order valence-corrected chi connectivity index (χ2v) is 20.5. The van der Waals surface area contributed by atoms with E-state index in [0.29, 0.717) is 4.88 Å². The van der Waals surface area contributed by atoms with E-state index in [0.717, 1.165) is 66.8 Å². The molecule has 0 saturated heterocycles. The first-order valence-corrected chi connectivity index (χ1v) is 18.2. The van der Waals surface area contributed by atoms with E-state index >= 15 is 0 Å². The Morgan fingerprint density at radius 1 is 1.08 bits per heavy atom. The van der Waals surface area contributed by atoms with Crippen LogP contribution >= 0.6 is 11.3 Å². The zero-order chi connectivity index (χ0) is 28.8. The minimum atomic E-state index is -4.36. The monoisotopic (exact) mass is 579 g/mol. The molecular weight excluding hydrogens is 535 g/mol. The van der Waals surface area contributed by atoms with Gasteiger partial charge in [-0.05, 0) is 72.8 Å². The van der Waals surface area contributed by atoms with Crippen molar-refractivity contribution in [1.82, 2.24) is 4.98 Å². The predicted octanol–water partition coefficient (Wildman–Crippen LogP) is 10.2. The highest BCUT2D eigenvalue weighted by Crippen LogP contribution is 2.61. The summed E-state index contributed by atoms with van der Waals surface area (Å²) in [7, 11) is -2.13. The van der Waals surface area contributed by atoms with Crippen molar-refractivity contribution in [2.24, 2.45) is 5.41 Å². The SMILES string of the molecule is CC(C)c1nc2c(c3c1[C@@H](c1ccc(C(F)(F)F)s1)OC31CCCC1)[C@@H](O[Si](C)(C)C(C)(C)C)CC(C)(C)C2. The van der Waals surface area contributed by atoms with Crippen LogP contribution in [0.3, 0.4) is 0 Å². The van der Waals surface area contributed by atoms with Gasteiger partial charge < -0.3 is 9.16 Å². The Kier molecular flexibility index (Phi) is 7.05. The van der Waals surface area contributed by atoms with E-state index in [1.165, 1.54) is 17.2 Å². The Balaban J connectivity index is 1.76. The third-order valence-electron chi connectivity index (χ3n) is 9.51. The number of ether oxygens (including phenoxy) is 1. The molecule has 0 N–H and O–H groups in total. The second kappa shape index (κ2) is 9.40. The molecule has 1 fully saturated rings. The summed E-state index contributed by atoms with van der Waals surface area (Å²) in [4.78, 5) is 5.39. The van der Waals surface area contributed by atoms with Gasteiger partial charge >= 0.3 is 6.18 Å². The van der Waals surface area contributed by atoms with E-state index in [-0.39, 0.29) is 22.5 Å². The van der Waals surface area contributed by atoms with Crippen LogP contribution in [0.4, 0.5) is 13.2 Å². The summed E-state index contributed by atoms with van der Waals surface area (Å²) in [5, 5.41) is 0.0538. The van der Waals surface area contributed by atoms with E-state index in [4.69, 9.17) is 14.1 Å². The van der Waals surface area contributed by atoms with Gasteiger partial charge in [0.15, 0.2) is 8.32 Å². The van der Waals surface area contributed by atoms with Crippen LogP contribution in [-0.4, -0.2) is 13.3 Å². The number of aromatic nitrogens is 1. The first kappa shape index (κ1) is 29.3. The molecule has 39 heavy (non-hydrogen) atoms. The van der Waals surface area contributed by atoms with Crippen LogP contribution in [0.25, 0.3) is 0 Å². The van der Waals surface area contributed by atoms with Crippen molar-refractivity contribution in [2.45, 2.75) is 135 Å². The number of halogens is 3. The molecule has 3 heterocycles. The van der Waals surface area contributed by atoms with Gasteiger partial charge in [0.25, 0.3) is 0 Å². The molecule has 5 rings (SSSR count). The van der Waals surface area contributed by atoms with Crippen molar-refractivity contribution < 1.29 is 22.3 Å². The third kappa shape index (κ3) is 5.06.